The van der Waals surface area contributed by atoms with E-state index in [1.165, 1.54) is 11.1 Å². The summed E-state index contributed by atoms with van der Waals surface area (Å²) in [6.07, 6.45) is 0. The molecule has 0 saturated carbocycles. The van der Waals surface area contributed by atoms with E-state index < -0.39 is 6.79 Å². The first-order chi connectivity index (χ1) is 7.54. The fourth-order valence-electron chi connectivity index (χ4n) is 1.56. The van der Waals surface area contributed by atoms with Gasteiger partial charge in [0.2, 0.25) is 0 Å². The molecular formula is C13H22O3. The van der Waals surface area contributed by atoms with Crippen molar-refractivity contribution in [1.82, 2.24) is 0 Å². The molecule has 0 bridgehead atoms. The summed E-state index contributed by atoms with van der Waals surface area (Å²) in [5.41, 5.74) is 2.99. The highest BCUT2D eigenvalue weighted by Crippen LogP contribution is 2.25. The first kappa shape index (κ1) is 15.1. The van der Waals surface area contributed by atoms with E-state index >= 15 is 0 Å². The zero-order valence-electron chi connectivity index (χ0n) is 10.5. The summed E-state index contributed by atoms with van der Waals surface area (Å²) in [5, 5.41) is 14.5. The molecule has 0 aliphatic rings. The minimum Gasteiger partial charge on any atom is -0.368 e. The van der Waals surface area contributed by atoms with Crippen LogP contribution in [0.1, 0.15) is 50.7 Å². The molecule has 0 aliphatic heterocycles. The highest BCUT2D eigenvalue weighted by molar-refractivity contribution is 5.31. The summed E-state index contributed by atoms with van der Waals surface area (Å²) in [5.74, 6) is 1.28. The minimum atomic E-state index is -0.625. The van der Waals surface area contributed by atoms with Crippen molar-refractivity contribution in [3.63, 3.8) is 0 Å². The van der Waals surface area contributed by atoms with Crippen molar-refractivity contribution in [3.05, 3.63) is 35.4 Å². The van der Waals surface area contributed by atoms with E-state index in [1.807, 2.05) is 0 Å². The second-order valence-corrected chi connectivity index (χ2v) is 4.20. The normalized spacial score (nSPS) is 10.2. The fourth-order valence-corrected chi connectivity index (χ4v) is 1.56. The summed E-state index contributed by atoms with van der Waals surface area (Å²) in [4.78, 5) is 3.10. The van der Waals surface area contributed by atoms with Crippen LogP contribution in [0.5, 0.6) is 0 Å². The van der Waals surface area contributed by atoms with Gasteiger partial charge in [0.1, 0.15) is 0 Å². The average molecular weight is 226 g/mol. The maximum absolute atomic E-state index is 7.40. The van der Waals surface area contributed by atoms with Crippen molar-refractivity contribution >= 4 is 0 Å². The van der Waals surface area contributed by atoms with E-state index in [9.17, 15) is 0 Å². The summed E-state index contributed by atoms with van der Waals surface area (Å²) < 4.78 is 0. The monoisotopic (exact) mass is 226 g/mol. The molecule has 0 radical (unpaired) electrons. The molecule has 0 spiro atoms. The van der Waals surface area contributed by atoms with Crippen molar-refractivity contribution in [3.8, 4) is 0 Å². The predicted molar refractivity (Wildman–Crippen MR) is 65.4 cm³/mol. The van der Waals surface area contributed by atoms with Crippen molar-refractivity contribution in [1.29, 1.82) is 0 Å². The molecule has 1 aromatic rings. The first-order valence-corrected chi connectivity index (χ1v) is 5.50. The van der Waals surface area contributed by atoms with Crippen molar-refractivity contribution in [2.24, 2.45) is 0 Å². The number of aliphatic hydroxyl groups is 1. The van der Waals surface area contributed by atoms with Gasteiger partial charge in [-0.3, -0.25) is 0 Å². The summed E-state index contributed by atoms with van der Waals surface area (Å²) in [6.45, 7) is 8.38. The second kappa shape index (κ2) is 8.28. The quantitative estimate of drug-likeness (QED) is 0.472. The Hall–Kier alpha value is -0.900. The number of benzene rings is 1. The lowest BCUT2D eigenvalue weighted by atomic mass is 9.91. The van der Waals surface area contributed by atoms with Gasteiger partial charge in [-0.1, -0.05) is 52.0 Å². The molecule has 92 valence electrons. The Kier molecular flexibility index (Phi) is 7.81. The van der Waals surface area contributed by atoms with Crippen LogP contribution < -0.4 is 0 Å². The smallest absolute Gasteiger partial charge is 0.177 e. The highest BCUT2D eigenvalue weighted by Gasteiger charge is 2.07. The largest absolute Gasteiger partial charge is 0.368 e. The second-order valence-electron chi connectivity index (χ2n) is 4.20. The molecule has 0 saturated heterocycles. The van der Waals surface area contributed by atoms with Crippen molar-refractivity contribution < 1.29 is 15.3 Å². The Bertz CT molecular complexity index is 253. The maximum Gasteiger partial charge on any atom is 0.177 e. The lowest BCUT2D eigenvalue weighted by Crippen LogP contribution is -1.97. The number of hydrogen-bond acceptors (Lipinski definition) is 3. The average Bonchev–Trinajstić information content (AvgIpc) is 2.29. The third kappa shape index (κ3) is 5.26. The number of aliphatic hydroxyl groups excluding tert-OH is 1. The predicted octanol–water partition coefficient (Wildman–Crippen LogP) is 3.36. The van der Waals surface area contributed by atoms with Crippen LogP contribution in [-0.2, 0) is 4.89 Å². The van der Waals surface area contributed by atoms with Gasteiger partial charge in [0.15, 0.2) is 6.79 Å². The molecule has 3 heteroatoms. The van der Waals surface area contributed by atoms with E-state index in [-0.39, 0.29) is 0 Å². The van der Waals surface area contributed by atoms with E-state index in [1.54, 1.807) is 0 Å². The molecule has 0 amide bonds. The van der Waals surface area contributed by atoms with Gasteiger partial charge in [-0.05, 0) is 23.0 Å². The van der Waals surface area contributed by atoms with Crippen molar-refractivity contribution in [2.45, 2.75) is 39.5 Å². The van der Waals surface area contributed by atoms with E-state index in [2.05, 4.69) is 56.8 Å². The van der Waals surface area contributed by atoms with Crippen LogP contribution in [0.2, 0.25) is 0 Å². The van der Waals surface area contributed by atoms with Gasteiger partial charge in [0.25, 0.3) is 0 Å². The molecule has 0 aliphatic carbocycles. The van der Waals surface area contributed by atoms with Gasteiger partial charge in [-0.2, -0.15) is 0 Å². The number of rotatable bonds is 3. The minimum absolute atomic E-state index is 0.625. The Morgan fingerprint density at radius 3 is 1.50 bits per heavy atom. The summed E-state index contributed by atoms with van der Waals surface area (Å²) >= 11 is 0. The van der Waals surface area contributed by atoms with Gasteiger partial charge in [-0.15, -0.1) is 0 Å². The molecule has 0 atom stereocenters. The van der Waals surface area contributed by atoms with Crippen LogP contribution in [0.3, 0.4) is 0 Å². The van der Waals surface area contributed by atoms with E-state index in [0.29, 0.717) is 11.8 Å². The third-order valence-corrected chi connectivity index (χ3v) is 2.30. The van der Waals surface area contributed by atoms with Gasteiger partial charge in [0.05, 0.1) is 0 Å². The first-order valence-electron chi connectivity index (χ1n) is 5.50. The van der Waals surface area contributed by atoms with Gasteiger partial charge >= 0.3 is 0 Å². The lowest BCUT2D eigenvalue weighted by Gasteiger charge is -2.14. The summed E-state index contributed by atoms with van der Waals surface area (Å²) in [7, 11) is 0. The number of hydrogen-bond donors (Lipinski definition) is 2. The third-order valence-electron chi connectivity index (χ3n) is 2.30. The van der Waals surface area contributed by atoms with Crippen LogP contribution in [0.4, 0.5) is 0 Å². The Labute approximate surface area is 97.6 Å². The van der Waals surface area contributed by atoms with Crippen molar-refractivity contribution in [2.75, 3.05) is 6.79 Å². The van der Waals surface area contributed by atoms with E-state index in [4.69, 9.17) is 10.4 Å². The highest BCUT2D eigenvalue weighted by atomic mass is 17.1. The zero-order valence-corrected chi connectivity index (χ0v) is 10.5. The van der Waals surface area contributed by atoms with Gasteiger partial charge in [-0.25, -0.2) is 10.1 Å². The molecule has 16 heavy (non-hydrogen) atoms. The topological polar surface area (TPSA) is 49.7 Å². The molecule has 2 N–H and O–H groups in total. The SMILES string of the molecule is CC(C)c1ccccc1C(C)C.OCOO. The maximum atomic E-state index is 7.40. The van der Waals surface area contributed by atoms with Crippen LogP contribution in [0.15, 0.2) is 24.3 Å². The molecule has 1 rings (SSSR count). The standard InChI is InChI=1S/C12H18.CH4O3/c1-9(2)11-7-5-6-8-12(11)10(3)4;2-1-4-3/h5-10H,1-4H3;2-3H,1H2. The summed E-state index contributed by atoms with van der Waals surface area (Å²) in [6, 6.07) is 8.72. The Morgan fingerprint density at radius 1 is 1.00 bits per heavy atom. The van der Waals surface area contributed by atoms with Gasteiger partial charge < -0.3 is 5.11 Å². The molecular weight excluding hydrogens is 204 g/mol. The molecule has 3 nitrogen and oxygen atoms in total. The lowest BCUT2D eigenvalue weighted by molar-refractivity contribution is -0.285. The Balaban J connectivity index is 0.000000487. The molecule has 0 aromatic heterocycles. The van der Waals surface area contributed by atoms with E-state index in [0.717, 1.165) is 0 Å². The van der Waals surface area contributed by atoms with Crippen LogP contribution >= 0.6 is 0 Å². The molecule has 1 aromatic carbocycles. The molecule has 0 fully saturated rings. The van der Waals surface area contributed by atoms with Crippen LogP contribution in [-0.4, -0.2) is 17.2 Å². The molecule has 0 heterocycles. The zero-order chi connectivity index (χ0) is 12.6. The van der Waals surface area contributed by atoms with Crippen LogP contribution in [0.25, 0.3) is 0 Å². The van der Waals surface area contributed by atoms with Crippen LogP contribution in [0, 0.1) is 0 Å². The Morgan fingerprint density at radius 2 is 1.31 bits per heavy atom. The molecule has 0 unspecified atom stereocenters. The fraction of sp³-hybridized carbons (Fsp3) is 0.538. The van der Waals surface area contributed by atoms with Gasteiger partial charge in [0, 0.05) is 0 Å².